The van der Waals surface area contributed by atoms with Crippen molar-refractivity contribution in [2.24, 2.45) is 5.73 Å². The zero-order valence-electron chi connectivity index (χ0n) is 16.5. The molecular weight excluding hydrogens is 392 g/mol. The van der Waals surface area contributed by atoms with Crippen molar-refractivity contribution in [1.29, 1.82) is 0 Å². The summed E-state index contributed by atoms with van der Waals surface area (Å²) in [4.78, 5) is 19.0. The molecule has 1 atom stereocenters. The highest BCUT2D eigenvalue weighted by molar-refractivity contribution is 7.15. The van der Waals surface area contributed by atoms with Crippen LogP contribution in [0.25, 0.3) is 0 Å². The highest BCUT2D eigenvalue weighted by Crippen LogP contribution is 2.27. The number of amides is 1. The van der Waals surface area contributed by atoms with E-state index in [9.17, 15) is 13.6 Å². The highest BCUT2D eigenvalue weighted by atomic mass is 32.1. The molecule has 2 rings (SSSR count). The van der Waals surface area contributed by atoms with E-state index in [0.29, 0.717) is 24.9 Å². The lowest BCUT2D eigenvalue weighted by Gasteiger charge is -2.31. The summed E-state index contributed by atoms with van der Waals surface area (Å²) < 4.78 is 37.8. The number of ether oxygens (including phenoxy) is 2. The fourth-order valence-corrected chi connectivity index (χ4v) is 3.41. The monoisotopic (exact) mass is 421 g/mol. The van der Waals surface area contributed by atoms with Crippen LogP contribution >= 0.6 is 11.3 Å². The predicted molar refractivity (Wildman–Crippen MR) is 104 cm³/mol. The molecule has 1 aliphatic heterocycles. The molecule has 11 heteroatoms. The van der Waals surface area contributed by atoms with Gasteiger partial charge in [0, 0.05) is 30.7 Å². The van der Waals surface area contributed by atoms with E-state index in [1.165, 1.54) is 11.3 Å². The second kappa shape index (κ2) is 9.88. The third-order valence-corrected chi connectivity index (χ3v) is 4.95. The van der Waals surface area contributed by atoms with Gasteiger partial charge in [0.25, 0.3) is 5.92 Å². The Morgan fingerprint density at radius 1 is 1.43 bits per heavy atom. The first-order valence-electron chi connectivity index (χ1n) is 9.15. The molecule has 1 aromatic heterocycles. The Balaban J connectivity index is 2.04. The number of halogens is 2. The molecule has 0 radical (unpaired) electrons. The SMILES string of the molecule is CC(C)(C)OC(=O)Nc1ncc(C(CN2CCOCC2)NCC(F)(F)CN)s1. The standard InChI is InChI=1S/C17H29F2N5O3S/c1-16(2,3)27-15(25)23-14-21-8-13(28-14)12(22-11-17(18,19)10-20)9-24-4-6-26-7-5-24/h8,12,22H,4-7,9-11,20H2,1-3H3,(H,21,23,25). The largest absolute Gasteiger partial charge is 0.444 e. The highest BCUT2D eigenvalue weighted by Gasteiger charge is 2.29. The minimum absolute atomic E-state index is 0.351. The van der Waals surface area contributed by atoms with Crippen LogP contribution in [0.15, 0.2) is 6.20 Å². The van der Waals surface area contributed by atoms with Crippen molar-refractivity contribution in [3.8, 4) is 0 Å². The van der Waals surface area contributed by atoms with Crippen molar-refractivity contribution >= 4 is 22.6 Å². The van der Waals surface area contributed by atoms with Crippen molar-refractivity contribution in [3.63, 3.8) is 0 Å². The number of alkyl halides is 2. The second-order valence-electron chi connectivity index (χ2n) is 7.60. The maximum Gasteiger partial charge on any atom is 0.413 e. The lowest BCUT2D eigenvalue weighted by molar-refractivity contribution is 0.00391. The summed E-state index contributed by atoms with van der Waals surface area (Å²) in [6.07, 6.45) is 0.969. The van der Waals surface area contributed by atoms with E-state index in [0.717, 1.165) is 18.0 Å². The molecule has 1 saturated heterocycles. The van der Waals surface area contributed by atoms with E-state index in [1.807, 2.05) is 0 Å². The number of rotatable bonds is 8. The second-order valence-corrected chi connectivity index (χ2v) is 8.66. The first-order chi connectivity index (χ1) is 13.1. The Bertz CT molecular complexity index is 633. The van der Waals surface area contributed by atoms with Crippen LogP contribution in [-0.2, 0) is 9.47 Å². The molecule has 1 fully saturated rings. The predicted octanol–water partition coefficient (Wildman–Crippen LogP) is 2.05. The van der Waals surface area contributed by atoms with E-state index < -0.39 is 30.7 Å². The van der Waals surface area contributed by atoms with Crippen molar-refractivity contribution in [2.45, 2.75) is 38.3 Å². The number of anilines is 1. The quantitative estimate of drug-likeness (QED) is 0.590. The van der Waals surface area contributed by atoms with Crippen LogP contribution in [0.1, 0.15) is 31.7 Å². The Hall–Kier alpha value is -1.40. The lowest BCUT2D eigenvalue weighted by atomic mass is 10.2. The van der Waals surface area contributed by atoms with Gasteiger partial charge < -0.3 is 20.5 Å². The molecule has 1 aliphatic rings. The first-order valence-corrected chi connectivity index (χ1v) is 9.97. The third-order valence-electron chi connectivity index (χ3n) is 3.93. The lowest BCUT2D eigenvalue weighted by Crippen LogP contribution is -2.45. The molecule has 1 unspecified atom stereocenters. The summed E-state index contributed by atoms with van der Waals surface area (Å²) in [6, 6.07) is -0.373. The van der Waals surface area contributed by atoms with Gasteiger partial charge in [-0.25, -0.2) is 18.6 Å². The normalized spacial score (nSPS) is 17.4. The molecule has 0 aliphatic carbocycles. The van der Waals surface area contributed by atoms with E-state index in [-0.39, 0.29) is 6.04 Å². The molecular formula is C17H29F2N5O3S. The van der Waals surface area contributed by atoms with Crippen LogP contribution < -0.4 is 16.4 Å². The summed E-state index contributed by atoms with van der Waals surface area (Å²) in [5.41, 5.74) is 4.51. The molecule has 1 aromatic rings. The van der Waals surface area contributed by atoms with Crippen LogP contribution in [0.3, 0.4) is 0 Å². The number of morpholine rings is 1. The topological polar surface area (TPSA) is 102 Å². The van der Waals surface area contributed by atoms with E-state index >= 15 is 0 Å². The maximum atomic E-state index is 13.6. The number of nitrogens with zero attached hydrogens (tertiary/aromatic N) is 2. The third kappa shape index (κ3) is 7.92. The van der Waals surface area contributed by atoms with Crippen molar-refractivity contribution < 1.29 is 23.0 Å². The zero-order chi connectivity index (χ0) is 20.8. The van der Waals surface area contributed by atoms with E-state index in [2.05, 4.69) is 20.5 Å². The van der Waals surface area contributed by atoms with E-state index in [1.54, 1.807) is 27.0 Å². The molecule has 160 valence electrons. The van der Waals surface area contributed by atoms with Gasteiger partial charge in [-0.3, -0.25) is 10.2 Å². The number of nitrogens with one attached hydrogen (secondary N) is 2. The Morgan fingerprint density at radius 3 is 2.71 bits per heavy atom. The number of nitrogens with two attached hydrogens (primary N) is 1. The van der Waals surface area contributed by atoms with Crippen LogP contribution in [0, 0.1) is 0 Å². The summed E-state index contributed by atoms with van der Waals surface area (Å²) in [6.45, 7) is 7.24. The van der Waals surface area contributed by atoms with Crippen molar-refractivity contribution in [3.05, 3.63) is 11.1 Å². The van der Waals surface area contributed by atoms with Crippen LogP contribution in [0.5, 0.6) is 0 Å². The van der Waals surface area contributed by atoms with Gasteiger partial charge in [-0.1, -0.05) is 11.3 Å². The van der Waals surface area contributed by atoms with Gasteiger partial charge in [0.1, 0.15) is 5.60 Å². The molecule has 0 aromatic carbocycles. The molecule has 1 amide bonds. The zero-order valence-corrected chi connectivity index (χ0v) is 17.3. The van der Waals surface area contributed by atoms with Crippen LogP contribution in [0.4, 0.5) is 18.7 Å². The van der Waals surface area contributed by atoms with Crippen LogP contribution in [0.2, 0.25) is 0 Å². The van der Waals surface area contributed by atoms with Gasteiger partial charge >= 0.3 is 6.09 Å². The molecule has 28 heavy (non-hydrogen) atoms. The average Bonchev–Trinajstić information content (AvgIpc) is 3.06. The Labute approximate surface area is 167 Å². The Morgan fingerprint density at radius 2 is 2.11 bits per heavy atom. The first kappa shape index (κ1) is 22.9. The van der Waals surface area contributed by atoms with Gasteiger partial charge in [-0.15, -0.1) is 0 Å². The number of carbonyl (C=O) groups excluding carboxylic acids is 1. The number of hydrogen-bond acceptors (Lipinski definition) is 8. The van der Waals surface area contributed by atoms with Gasteiger partial charge in [0.05, 0.1) is 32.3 Å². The van der Waals surface area contributed by atoms with Crippen molar-refractivity contribution in [1.82, 2.24) is 15.2 Å². The van der Waals surface area contributed by atoms with Crippen molar-refractivity contribution in [2.75, 3.05) is 51.3 Å². The number of carbonyl (C=O) groups is 1. The fourth-order valence-electron chi connectivity index (χ4n) is 2.54. The molecule has 8 nitrogen and oxygen atoms in total. The summed E-state index contributed by atoms with van der Waals surface area (Å²) in [7, 11) is 0. The molecule has 0 saturated carbocycles. The molecule has 0 bridgehead atoms. The summed E-state index contributed by atoms with van der Waals surface area (Å²) >= 11 is 1.22. The maximum absolute atomic E-state index is 13.6. The molecule has 0 spiro atoms. The van der Waals surface area contributed by atoms with Gasteiger partial charge in [-0.05, 0) is 20.8 Å². The minimum Gasteiger partial charge on any atom is -0.444 e. The minimum atomic E-state index is -2.99. The van der Waals surface area contributed by atoms with Gasteiger partial charge in [-0.2, -0.15) is 0 Å². The average molecular weight is 422 g/mol. The fraction of sp³-hybridized carbons (Fsp3) is 0.765. The number of aromatic nitrogens is 1. The number of hydrogen-bond donors (Lipinski definition) is 3. The summed E-state index contributed by atoms with van der Waals surface area (Å²) in [5.74, 6) is -2.99. The Kier molecular flexibility index (Phi) is 8.07. The number of thiazole rings is 1. The van der Waals surface area contributed by atoms with Crippen LogP contribution in [-0.4, -0.2) is 73.4 Å². The summed E-state index contributed by atoms with van der Waals surface area (Å²) in [5, 5.41) is 5.82. The smallest absolute Gasteiger partial charge is 0.413 e. The van der Waals surface area contributed by atoms with E-state index in [4.69, 9.17) is 15.2 Å². The molecule has 2 heterocycles. The van der Waals surface area contributed by atoms with Gasteiger partial charge in [0.15, 0.2) is 5.13 Å². The van der Waals surface area contributed by atoms with Gasteiger partial charge in [0.2, 0.25) is 0 Å². The molecule has 4 N–H and O–H groups in total.